The average molecular weight is 509 g/mol. The first kappa shape index (κ1) is 23.0. The van der Waals surface area contributed by atoms with Crippen molar-refractivity contribution in [1.82, 2.24) is 0 Å². The lowest BCUT2D eigenvalue weighted by Gasteiger charge is -2.31. The maximum Gasteiger partial charge on any atom is 0.00683 e. The van der Waals surface area contributed by atoms with Crippen LogP contribution in [0.1, 0.15) is 23.1 Å². The molecule has 1 unspecified atom stereocenters. The monoisotopic (exact) mass is 508 g/mol. The molecule has 2 aliphatic rings. The van der Waals surface area contributed by atoms with Crippen LogP contribution in [0.4, 0.5) is 0 Å². The number of benzene rings is 6. The Morgan fingerprint density at radius 3 is 2.15 bits per heavy atom. The molecule has 0 amide bonds. The molecule has 0 saturated carbocycles. The van der Waals surface area contributed by atoms with Crippen molar-refractivity contribution >= 4 is 32.7 Å². The highest BCUT2D eigenvalue weighted by molar-refractivity contribution is 6.04. The van der Waals surface area contributed by atoms with Gasteiger partial charge >= 0.3 is 0 Å². The van der Waals surface area contributed by atoms with E-state index in [9.17, 15) is 0 Å². The number of hydrogen-bond donors (Lipinski definition) is 0. The molecule has 0 heteroatoms. The fourth-order valence-corrected chi connectivity index (χ4v) is 6.62. The molecule has 8 rings (SSSR count). The van der Waals surface area contributed by atoms with Crippen molar-refractivity contribution in [2.45, 2.75) is 6.42 Å². The minimum Gasteiger partial charge on any atom is -0.0836 e. The predicted octanol–water partition coefficient (Wildman–Crippen LogP) is 10.7. The zero-order chi connectivity index (χ0) is 26.5. The van der Waals surface area contributed by atoms with Gasteiger partial charge in [0.1, 0.15) is 0 Å². The van der Waals surface area contributed by atoms with Gasteiger partial charge in [-0.1, -0.05) is 140 Å². The van der Waals surface area contributed by atoms with Gasteiger partial charge in [0.15, 0.2) is 0 Å². The number of rotatable bonds is 3. The third-order valence-corrected chi connectivity index (χ3v) is 8.55. The Bertz CT molecular complexity index is 2030. The SMILES string of the molecule is C1=CCC2C=C(c3cccc(-c4ccc5ccccc5c4)c3)c3cccc(-c4cccc5ccccc45)c3C2=C1. The van der Waals surface area contributed by atoms with Gasteiger partial charge in [0.2, 0.25) is 0 Å². The third-order valence-electron chi connectivity index (χ3n) is 8.55. The van der Waals surface area contributed by atoms with Crippen LogP contribution in [0.25, 0.3) is 54.9 Å². The summed E-state index contributed by atoms with van der Waals surface area (Å²) in [5.41, 5.74) is 11.8. The van der Waals surface area contributed by atoms with E-state index in [-0.39, 0.29) is 0 Å². The van der Waals surface area contributed by atoms with Crippen LogP contribution < -0.4 is 0 Å². The average Bonchev–Trinajstić information content (AvgIpc) is 3.03. The van der Waals surface area contributed by atoms with Crippen molar-refractivity contribution in [3.05, 3.63) is 168 Å². The first-order chi connectivity index (χ1) is 19.8. The van der Waals surface area contributed by atoms with Crippen LogP contribution in [-0.4, -0.2) is 0 Å². The summed E-state index contributed by atoms with van der Waals surface area (Å²) in [6, 6.07) is 46.7. The molecule has 0 spiro atoms. The lowest BCUT2D eigenvalue weighted by molar-refractivity contribution is 0.839. The fourth-order valence-electron chi connectivity index (χ4n) is 6.62. The van der Waals surface area contributed by atoms with Crippen molar-refractivity contribution < 1.29 is 0 Å². The van der Waals surface area contributed by atoms with E-state index < -0.39 is 0 Å². The molecule has 0 heterocycles. The lowest BCUT2D eigenvalue weighted by atomic mass is 9.73. The molecule has 40 heavy (non-hydrogen) atoms. The van der Waals surface area contributed by atoms with Gasteiger partial charge in [-0.05, 0) is 90.2 Å². The molecular weight excluding hydrogens is 480 g/mol. The maximum atomic E-state index is 2.50. The quantitative estimate of drug-likeness (QED) is 0.223. The van der Waals surface area contributed by atoms with Crippen LogP contribution in [0.3, 0.4) is 0 Å². The summed E-state index contributed by atoms with van der Waals surface area (Å²) in [4.78, 5) is 0. The smallest absolute Gasteiger partial charge is 0.00683 e. The highest BCUT2D eigenvalue weighted by atomic mass is 14.3. The summed E-state index contributed by atoms with van der Waals surface area (Å²) < 4.78 is 0. The minimum absolute atomic E-state index is 0.368. The van der Waals surface area contributed by atoms with Crippen molar-refractivity contribution in [3.63, 3.8) is 0 Å². The predicted molar refractivity (Wildman–Crippen MR) is 171 cm³/mol. The van der Waals surface area contributed by atoms with E-state index in [0.29, 0.717) is 5.92 Å². The molecule has 2 aliphatic carbocycles. The second kappa shape index (κ2) is 9.36. The second-order valence-electron chi connectivity index (χ2n) is 10.9. The number of hydrogen-bond acceptors (Lipinski definition) is 0. The summed E-state index contributed by atoms with van der Waals surface area (Å²) >= 11 is 0. The maximum absolute atomic E-state index is 2.50. The van der Waals surface area contributed by atoms with Crippen LogP contribution in [0.2, 0.25) is 0 Å². The van der Waals surface area contributed by atoms with Crippen LogP contribution in [0.15, 0.2) is 152 Å². The zero-order valence-electron chi connectivity index (χ0n) is 22.2. The van der Waals surface area contributed by atoms with Crippen LogP contribution >= 0.6 is 0 Å². The van der Waals surface area contributed by atoms with Crippen LogP contribution in [-0.2, 0) is 0 Å². The molecule has 0 radical (unpaired) electrons. The van der Waals surface area contributed by atoms with Crippen molar-refractivity contribution in [2.24, 2.45) is 5.92 Å². The Kier molecular flexibility index (Phi) is 5.38. The van der Waals surface area contributed by atoms with Crippen LogP contribution in [0, 0.1) is 5.92 Å². The molecule has 0 fully saturated rings. The first-order valence-electron chi connectivity index (χ1n) is 14.1. The van der Waals surface area contributed by atoms with Gasteiger partial charge < -0.3 is 0 Å². The molecule has 0 nitrogen and oxygen atoms in total. The molecule has 0 N–H and O–H groups in total. The van der Waals surface area contributed by atoms with E-state index in [2.05, 4.69) is 152 Å². The van der Waals surface area contributed by atoms with Crippen molar-refractivity contribution in [2.75, 3.05) is 0 Å². The fraction of sp³-hybridized carbons (Fsp3) is 0.0500. The van der Waals surface area contributed by atoms with Gasteiger partial charge in [-0.2, -0.15) is 0 Å². The summed E-state index contributed by atoms with van der Waals surface area (Å²) in [6.07, 6.45) is 10.4. The van der Waals surface area contributed by atoms with E-state index in [0.717, 1.165) is 6.42 Å². The number of fused-ring (bicyclic) bond motifs is 5. The third kappa shape index (κ3) is 3.76. The molecular formula is C40H28. The minimum atomic E-state index is 0.368. The zero-order valence-corrected chi connectivity index (χ0v) is 22.2. The van der Waals surface area contributed by atoms with Crippen LogP contribution in [0.5, 0.6) is 0 Å². The van der Waals surface area contributed by atoms with E-state index >= 15 is 0 Å². The van der Waals surface area contributed by atoms with E-state index in [1.807, 2.05) is 0 Å². The Hall–Kier alpha value is -4.94. The summed E-state index contributed by atoms with van der Waals surface area (Å²) in [6.45, 7) is 0. The molecule has 188 valence electrons. The standard InChI is InChI=1S/C40H28/c1-2-12-29-24-31(23-22-27(29)10-1)30-15-7-16-32(25-30)39-26-33-13-4-6-18-35(33)40-37(20-9-21-38(39)40)36-19-8-14-28-11-3-5-17-34(28)36/h1-12,14-26,33H,13H2. The summed E-state index contributed by atoms with van der Waals surface area (Å²) in [5.74, 6) is 0.368. The van der Waals surface area contributed by atoms with E-state index in [1.165, 1.54) is 71.6 Å². The normalized spacial score (nSPS) is 15.8. The molecule has 0 aliphatic heterocycles. The van der Waals surface area contributed by atoms with Gasteiger partial charge in [-0.3, -0.25) is 0 Å². The molecule has 0 bridgehead atoms. The second-order valence-corrected chi connectivity index (χ2v) is 10.9. The molecule has 6 aromatic rings. The van der Waals surface area contributed by atoms with Gasteiger partial charge in [0, 0.05) is 5.92 Å². The van der Waals surface area contributed by atoms with E-state index in [4.69, 9.17) is 0 Å². The molecule has 0 saturated heterocycles. The van der Waals surface area contributed by atoms with E-state index in [1.54, 1.807) is 0 Å². The van der Waals surface area contributed by atoms with Gasteiger partial charge in [-0.25, -0.2) is 0 Å². The highest BCUT2D eigenvalue weighted by Crippen LogP contribution is 2.48. The first-order valence-corrected chi connectivity index (χ1v) is 14.1. The lowest BCUT2D eigenvalue weighted by Crippen LogP contribution is -2.12. The summed E-state index contributed by atoms with van der Waals surface area (Å²) in [5, 5.41) is 5.13. The Morgan fingerprint density at radius 2 is 1.20 bits per heavy atom. The number of allylic oxidation sites excluding steroid dienone is 5. The van der Waals surface area contributed by atoms with Crippen molar-refractivity contribution in [1.29, 1.82) is 0 Å². The Balaban J connectivity index is 1.32. The largest absolute Gasteiger partial charge is 0.0836 e. The molecule has 0 aromatic heterocycles. The topological polar surface area (TPSA) is 0 Å². The molecule has 6 aromatic carbocycles. The Morgan fingerprint density at radius 1 is 0.500 bits per heavy atom. The van der Waals surface area contributed by atoms with Gasteiger partial charge in [0.05, 0.1) is 0 Å². The molecule has 1 atom stereocenters. The van der Waals surface area contributed by atoms with Gasteiger partial charge in [0.25, 0.3) is 0 Å². The highest BCUT2D eigenvalue weighted by Gasteiger charge is 2.28. The van der Waals surface area contributed by atoms with Crippen molar-refractivity contribution in [3.8, 4) is 22.3 Å². The Labute approximate surface area is 235 Å². The summed E-state index contributed by atoms with van der Waals surface area (Å²) in [7, 11) is 0. The van der Waals surface area contributed by atoms with Gasteiger partial charge in [-0.15, -0.1) is 0 Å².